The quantitative estimate of drug-likeness (QED) is 0.891. The second-order valence-corrected chi connectivity index (χ2v) is 7.35. The average molecular weight is 308 g/mol. The largest absolute Gasteiger partial charge is 0.357 e. The third-order valence-corrected chi connectivity index (χ3v) is 5.57. The lowest BCUT2D eigenvalue weighted by Crippen LogP contribution is -2.38. The summed E-state index contributed by atoms with van der Waals surface area (Å²) in [6, 6.07) is 2.88. The normalized spacial score (nSPS) is 21.6. The minimum absolute atomic E-state index is 0.513. The molecule has 21 heavy (non-hydrogen) atoms. The van der Waals surface area contributed by atoms with Crippen LogP contribution in [0.25, 0.3) is 0 Å². The van der Waals surface area contributed by atoms with Crippen molar-refractivity contribution in [3.05, 3.63) is 22.8 Å². The Balaban J connectivity index is 1.66. The first-order chi connectivity index (χ1) is 10.1. The number of piperidine rings is 1. The molecule has 1 saturated carbocycles. The lowest BCUT2D eigenvalue weighted by atomic mass is 9.78. The molecule has 1 aromatic rings. The van der Waals surface area contributed by atoms with E-state index in [9.17, 15) is 0 Å². The Hall–Kier alpha value is -0.800. The summed E-state index contributed by atoms with van der Waals surface area (Å²) in [5.74, 6) is 1.09. The van der Waals surface area contributed by atoms with E-state index in [2.05, 4.69) is 35.1 Å². The molecule has 0 amide bonds. The van der Waals surface area contributed by atoms with Gasteiger partial charge in [-0.05, 0) is 42.7 Å². The van der Waals surface area contributed by atoms with Gasteiger partial charge in [-0.25, -0.2) is 4.98 Å². The van der Waals surface area contributed by atoms with E-state index in [-0.39, 0.29) is 0 Å². The van der Waals surface area contributed by atoms with Gasteiger partial charge in [0.2, 0.25) is 0 Å². The Morgan fingerprint density at radius 1 is 1.38 bits per heavy atom. The molecule has 2 heterocycles. The van der Waals surface area contributed by atoms with E-state index < -0.39 is 0 Å². The van der Waals surface area contributed by atoms with Crippen LogP contribution in [0.1, 0.15) is 51.5 Å². The number of nitrogens with zero attached hydrogens (tertiary/aromatic N) is 2. The Bertz CT molecular complexity index is 491. The third-order valence-electron chi connectivity index (χ3n) is 5.23. The van der Waals surface area contributed by atoms with Crippen LogP contribution in [0.15, 0.2) is 12.3 Å². The molecule has 0 radical (unpaired) electrons. The Kier molecular flexibility index (Phi) is 4.41. The zero-order chi connectivity index (χ0) is 14.9. The predicted octanol–water partition coefficient (Wildman–Crippen LogP) is 4.00. The summed E-state index contributed by atoms with van der Waals surface area (Å²) in [5.41, 5.74) is 1.69. The van der Waals surface area contributed by atoms with Gasteiger partial charge in [0, 0.05) is 31.9 Å². The maximum Gasteiger partial charge on any atom is 0.128 e. The zero-order valence-electron chi connectivity index (χ0n) is 13.2. The molecule has 1 aliphatic heterocycles. The highest BCUT2D eigenvalue weighted by Crippen LogP contribution is 2.35. The van der Waals surface area contributed by atoms with Gasteiger partial charge >= 0.3 is 0 Å². The maximum absolute atomic E-state index is 6.29. The zero-order valence-corrected chi connectivity index (χ0v) is 13.9. The van der Waals surface area contributed by atoms with Crippen molar-refractivity contribution in [3.8, 4) is 0 Å². The lowest BCUT2D eigenvalue weighted by molar-refractivity contribution is 0.238. The molecule has 2 fully saturated rings. The fraction of sp³-hybridized carbons (Fsp3) is 0.706. The van der Waals surface area contributed by atoms with Crippen molar-refractivity contribution in [1.82, 2.24) is 10.3 Å². The van der Waals surface area contributed by atoms with Crippen LogP contribution in [0, 0.1) is 5.41 Å². The minimum atomic E-state index is 0.513. The fourth-order valence-electron chi connectivity index (χ4n) is 2.95. The number of rotatable bonds is 5. The molecule has 1 aliphatic carbocycles. The van der Waals surface area contributed by atoms with Gasteiger partial charge in [0.05, 0.1) is 5.02 Å². The molecule has 0 unspecified atom stereocenters. The van der Waals surface area contributed by atoms with Crippen LogP contribution in [0.2, 0.25) is 5.02 Å². The SMILES string of the molecule is CCC1(C)CCN(c2cc(CNC3CC3)c(Cl)cn2)CC1. The van der Waals surface area contributed by atoms with Crippen molar-refractivity contribution >= 4 is 17.4 Å². The average Bonchev–Trinajstić information content (AvgIpc) is 3.32. The smallest absolute Gasteiger partial charge is 0.128 e. The predicted molar refractivity (Wildman–Crippen MR) is 89.0 cm³/mol. The van der Waals surface area contributed by atoms with Gasteiger partial charge in [-0.15, -0.1) is 0 Å². The van der Waals surface area contributed by atoms with Crippen molar-refractivity contribution in [2.24, 2.45) is 5.41 Å². The van der Waals surface area contributed by atoms with Gasteiger partial charge in [0.25, 0.3) is 0 Å². The van der Waals surface area contributed by atoms with E-state index in [1.807, 2.05) is 6.20 Å². The molecule has 4 heteroatoms. The van der Waals surface area contributed by atoms with Crippen LogP contribution in [0.3, 0.4) is 0 Å². The first kappa shape index (κ1) is 15.1. The van der Waals surface area contributed by atoms with Gasteiger partial charge in [-0.2, -0.15) is 0 Å². The van der Waals surface area contributed by atoms with Crippen LogP contribution in [0.4, 0.5) is 5.82 Å². The van der Waals surface area contributed by atoms with E-state index in [0.717, 1.165) is 30.5 Å². The summed E-state index contributed by atoms with van der Waals surface area (Å²) in [5, 5.41) is 4.32. The van der Waals surface area contributed by atoms with Crippen molar-refractivity contribution in [3.63, 3.8) is 0 Å². The molecule has 0 bridgehead atoms. The Morgan fingerprint density at radius 3 is 2.71 bits per heavy atom. The van der Waals surface area contributed by atoms with E-state index in [4.69, 9.17) is 11.6 Å². The molecule has 116 valence electrons. The summed E-state index contributed by atoms with van der Waals surface area (Å²) >= 11 is 6.29. The number of halogens is 1. The number of anilines is 1. The molecule has 0 aromatic carbocycles. The van der Waals surface area contributed by atoms with E-state index in [0.29, 0.717) is 11.5 Å². The molecule has 1 N–H and O–H groups in total. The first-order valence-corrected chi connectivity index (χ1v) is 8.60. The molecule has 1 aromatic heterocycles. The highest BCUT2D eigenvalue weighted by molar-refractivity contribution is 6.31. The molecule has 2 aliphatic rings. The molecular formula is C17H26ClN3. The van der Waals surface area contributed by atoms with Crippen LogP contribution in [0.5, 0.6) is 0 Å². The number of nitrogens with one attached hydrogen (secondary N) is 1. The summed E-state index contributed by atoms with van der Waals surface area (Å²) in [7, 11) is 0. The molecule has 3 nitrogen and oxygen atoms in total. The van der Waals surface area contributed by atoms with Gasteiger partial charge < -0.3 is 10.2 Å². The second-order valence-electron chi connectivity index (χ2n) is 6.94. The summed E-state index contributed by atoms with van der Waals surface area (Å²) in [4.78, 5) is 6.96. The molecule has 0 spiro atoms. The monoisotopic (exact) mass is 307 g/mol. The van der Waals surface area contributed by atoms with Crippen molar-refractivity contribution in [2.45, 2.75) is 58.5 Å². The lowest BCUT2D eigenvalue weighted by Gasteiger charge is -2.39. The maximum atomic E-state index is 6.29. The molecule has 3 rings (SSSR count). The van der Waals surface area contributed by atoms with Gasteiger partial charge in [-0.3, -0.25) is 0 Å². The summed E-state index contributed by atoms with van der Waals surface area (Å²) < 4.78 is 0. The second kappa shape index (κ2) is 6.13. The highest BCUT2D eigenvalue weighted by atomic mass is 35.5. The van der Waals surface area contributed by atoms with Crippen molar-refractivity contribution in [2.75, 3.05) is 18.0 Å². The molecule has 1 saturated heterocycles. The Labute approximate surface area is 133 Å². The minimum Gasteiger partial charge on any atom is -0.357 e. The van der Waals surface area contributed by atoms with Crippen molar-refractivity contribution in [1.29, 1.82) is 0 Å². The van der Waals surface area contributed by atoms with Crippen LogP contribution < -0.4 is 10.2 Å². The molecule has 0 atom stereocenters. The van der Waals surface area contributed by atoms with Crippen molar-refractivity contribution < 1.29 is 0 Å². The Morgan fingerprint density at radius 2 is 2.10 bits per heavy atom. The van der Waals surface area contributed by atoms with E-state index >= 15 is 0 Å². The van der Waals surface area contributed by atoms with Gasteiger partial charge in [0.15, 0.2) is 0 Å². The fourth-order valence-corrected chi connectivity index (χ4v) is 3.12. The number of hydrogen-bond donors (Lipinski definition) is 1. The number of hydrogen-bond acceptors (Lipinski definition) is 3. The first-order valence-electron chi connectivity index (χ1n) is 8.22. The molecular weight excluding hydrogens is 282 g/mol. The van der Waals surface area contributed by atoms with Gasteiger partial charge in [0.1, 0.15) is 5.82 Å². The van der Waals surface area contributed by atoms with E-state index in [1.165, 1.54) is 37.7 Å². The summed E-state index contributed by atoms with van der Waals surface area (Å²) in [6.07, 6.45) is 8.20. The summed E-state index contributed by atoms with van der Waals surface area (Å²) in [6.45, 7) is 7.78. The topological polar surface area (TPSA) is 28.2 Å². The third kappa shape index (κ3) is 3.70. The van der Waals surface area contributed by atoms with Crippen LogP contribution in [-0.4, -0.2) is 24.1 Å². The van der Waals surface area contributed by atoms with E-state index in [1.54, 1.807) is 0 Å². The van der Waals surface area contributed by atoms with Gasteiger partial charge in [-0.1, -0.05) is 31.9 Å². The standard InChI is InChI=1S/C17H26ClN3/c1-3-17(2)6-8-21(9-7-17)16-10-13(15(18)12-20-16)11-19-14-4-5-14/h10,12,14,19H,3-9,11H2,1-2H3. The highest BCUT2D eigenvalue weighted by Gasteiger charge is 2.29. The van der Waals surface area contributed by atoms with Crippen LogP contribution >= 0.6 is 11.6 Å². The van der Waals surface area contributed by atoms with Crippen LogP contribution in [-0.2, 0) is 6.54 Å². The number of pyridine rings is 1. The number of aromatic nitrogens is 1.